The van der Waals surface area contributed by atoms with Gasteiger partial charge >= 0.3 is 0 Å². The van der Waals surface area contributed by atoms with Gasteiger partial charge in [0.15, 0.2) is 0 Å². The molecule has 2 nitrogen and oxygen atoms in total. The number of hydrogen-bond donors (Lipinski definition) is 0. The fourth-order valence-corrected chi connectivity index (χ4v) is 3.20. The van der Waals surface area contributed by atoms with Crippen molar-refractivity contribution >= 4 is 5.69 Å². The minimum Gasteiger partial charge on any atom is -0.369 e. The highest BCUT2D eigenvalue weighted by atomic mass is 19.1. The van der Waals surface area contributed by atoms with Crippen LogP contribution in [0.15, 0.2) is 48.5 Å². The Kier molecular flexibility index (Phi) is 4.44. The number of nitrogens with zero attached hydrogens (tertiary/aromatic N) is 2. The second-order valence-electron chi connectivity index (χ2n) is 6.06. The number of piperazine rings is 1. The van der Waals surface area contributed by atoms with Gasteiger partial charge in [-0.25, -0.2) is 4.39 Å². The van der Waals surface area contributed by atoms with Crippen LogP contribution in [0.25, 0.3) is 0 Å². The summed E-state index contributed by atoms with van der Waals surface area (Å²) in [5.41, 5.74) is 3.38. The lowest BCUT2D eigenvalue weighted by Gasteiger charge is -2.39. The summed E-state index contributed by atoms with van der Waals surface area (Å²) in [5, 5.41) is 0. The first kappa shape index (κ1) is 15.0. The second kappa shape index (κ2) is 6.49. The van der Waals surface area contributed by atoms with Gasteiger partial charge in [0.05, 0.1) is 0 Å². The minimum atomic E-state index is -0.101. The molecule has 0 aliphatic carbocycles. The van der Waals surface area contributed by atoms with Crippen molar-refractivity contribution in [2.45, 2.75) is 19.9 Å². The highest BCUT2D eigenvalue weighted by Crippen LogP contribution is 2.25. The van der Waals surface area contributed by atoms with Crippen molar-refractivity contribution in [3.05, 3.63) is 65.5 Å². The van der Waals surface area contributed by atoms with Crippen molar-refractivity contribution in [2.75, 3.05) is 31.1 Å². The molecule has 3 rings (SSSR count). The third kappa shape index (κ3) is 3.14. The maximum absolute atomic E-state index is 13.9. The zero-order valence-corrected chi connectivity index (χ0v) is 13.3. The predicted molar refractivity (Wildman–Crippen MR) is 89.8 cm³/mol. The lowest BCUT2D eigenvalue weighted by molar-refractivity contribution is 0.195. The number of hydrogen-bond acceptors (Lipinski definition) is 2. The summed E-state index contributed by atoms with van der Waals surface area (Å²) in [4.78, 5) is 4.78. The molecule has 0 N–H and O–H groups in total. The van der Waals surface area contributed by atoms with Gasteiger partial charge in [-0.3, -0.25) is 4.90 Å². The van der Waals surface area contributed by atoms with E-state index in [1.807, 2.05) is 12.1 Å². The van der Waals surface area contributed by atoms with Gasteiger partial charge in [-0.2, -0.15) is 0 Å². The first-order valence-electron chi connectivity index (χ1n) is 7.95. The number of aryl methyl sites for hydroxylation is 1. The van der Waals surface area contributed by atoms with Crippen molar-refractivity contribution in [3.8, 4) is 0 Å². The summed E-state index contributed by atoms with van der Waals surface area (Å²) >= 11 is 0. The van der Waals surface area contributed by atoms with Gasteiger partial charge in [-0.15, -0.1) is 0 Å². The smallest absolute Gasteiger partial charge is 0.127 e. The zero-order chi connectivity index (χ0) is 15.5. The average Bonchev–Trinajstić information content (AvgIpc) is 2.55. The summed E-state index contributed by atoms with van der Waals surface area (Å²) in [6.45, 7) is 8.12. The Labute approximate surface area is 132 Å². The van der Waals surface area contributed by atoms with Crippen LogP contribution in [0.1, 0.15) is 24.1 Å². The van der Waals surface area contributed by atoms with Crippen molar-refractivity contribution in [3.63, 3.8) is 0 Å². The topological polar surface area (TPSA) is 6.48 Å². The monoisotopic (exact) mass is 298 g/mol. The molecule has 3 heteroatoms. The Morgan fingerprint density at radius 3 is 2.36 bits per heavy atom. The number of halogens is 1. The first-order chi connectivity index (χ1) is 10.6. The van der Waals surface area contributed by atoms with Crippen LogP contribution in [0.3, 0.4) is 0 Å². The van der Waals surface area contributed by atoms with E-state index in [0.29, 0.717) is 0 Å². The van der Waals surface area contributed by atoms with Crippen molar-refractivity contribution in [2.24, 2.45) is 0 Å². The molecule has 1 aliphatic heterocycles. The maximum atomic E-state index is 13.9. The molecule has 0 saturated carbocycles. The Balaban J connectivity index is 1.65. The molecule has 2 aromatic carbocycles. The van der Waals surface area contributed by atoms with Crippen molar-refractivity contribution in [1.29, 1.82) is 0 Å². The fourth-order valence-electron chi connectivity index (χ4n) is 3.20. The van der Waals surface area contributed by atoms with Gasteiger partial charge in [0.2, 0.25) is 0 Å². The molecule has 22 heavy (non-hydrogen) atoms. The molecular formula is C19H23FN2. The zero-order valence-electron chi connectivity index (χ0n) is 13.3. The quantitative estimate of drug-likeness (QED) is 0.844. The summed E-state index contributed by atoms with van der Waals surface area (Å²) in [7, 11) is 0. The largest absolute Gasteiger partial charge is 0.369 e. The van der Waals surface area contributed by atoms with Crippen LogP contribution < -0.4 is 4.90 Å². The molecule has 1 fully saturated rings. The molecule has 0 amide bonds. The Hall–Kier alpha value is -1.87. The van der Waals surface area contributed by atoms with Crippen LogP contribution in [0.5, 0.6) is 0 Å². The van der Waals surface area contributed by atoms with E-state index in [4.69, 9.17) is 0 Å². The van der Waals surface area contributed by atoms with E-state index in [2.05, 4.69) is 47.9 Å². The van der Waals surface area contributed by atoms with Gasteiger partial charge in [0.25, 0.3) is 0 Å². The molecule has 1 unspecified atom stereocenters. The van der Waals surface area contributed by atoms with Crippen LogP contribution in [0, 0.1) is 12.7 Å². The highest BCUT2D eigenvalue weighted by Gasteiger charge is 2.23. The van der Waals surface area contributed by atoms with Gasteiger partial charge in [-0.05, 0) is 37.6 Å². The van der Waals surface area contributed by atoms with E-state index in [0.717, 1.165) is 31.7 Å². The van der Waals surface area contributed by atoms with Crippen molar-refractivity contribution in [1.82, 2.24) is 4.90 Å². The van der Waals surface area contributed by atoms with E-state index in [9.17, 15) is 4.39 Å². The third-order valence-electron chi connectivity index (χ3n) is 4.58. The summed E-state index contributed by atoms with van der Waals surface area (Å²) in [6, 6.07) is 15.9. The standard InChI is InChI=1S/C19H23FN2/c1-15-6-5-7-17(14-15)22-12-10-21(11-13-22)16(2)18-8-3-4-9-19(18)20/h3-9,14,16H,10-13H2,1-2H3. The normalized spacial score (nSPS) is 17.5. The molecular weight excluding hydrogens is 275 g/mol. The van der Waals surface area contributed by atoms with Gasteiger partial charge in [0.1, 0.15) is 5.82 Å². The SMILES string of the molecule is Cc1cccc(N2CCN(C(C)c3ccccc3F)CC2)c1. The van der Waals surface area contributed by atoms with Crippen molar-refractivity contribution < 1.29 is 4.39 Å². The molecule has 2 aromatic rings. The first-order valence-corrected chi connectivity index (χ1v) is 7.95. The van der Waals surface area contributed by atoms with E-state index < -0.39 is 0 Å². The van der Waals surface area contributed by atoms with Gasteiger partial charge in [0, 0.05) is 43.5 Å². The van der Waals surface area contributed by atoms with Crippen LogP contribution in [-0.2, 0) is 0 Å². The van der Waals surface area contributed by atoms with Crippen LogP contribution in [0.2, 0.25) is 0 Å². The summed E-state index contributed by atoms with van der Waals surface area (Å²) in [5.74, 6) is -0.101. The molecule has 0 aromatic heterocycles. The highest BCUT2D eigenvalue weighted by molar-refractivity contribution is 5.48. The lowest BCUT2D eigenvalue weighted by atomic mass is 10.1. The average molecular weight is 298 g/mol. The molecule has 0 bridgehead atoms. The number of rotatable bonds is 3. The summed E-state index contributed by atoms with van der Waals surface area (Å²) in [6.07, 6.45) is 0. The van der Waals surface area contributed by atoms with E-state index in [1.165, 1.54) is 11.3 Å². The van der Waals surface area contributed by atoms with E-state index >= 15 is 0 Å². The number of benzene rings is 2. The fraction of sp³-hybridized carbons (Fsp3) is 0.368. The van der Waals surface area contributed by atoms with Gasteiger partial charge in [-0.1, -0.05) is 30.3 Å². The van der Waals surface area contributed by atoms with E-state index in [1.54, 1.807) is 12.1 Å². The molecule has 0 spiro atoms. The third-order valence-corrected chi connectivity index (χ3v) is 4.58. The molecule has 1 aliphatic rings. The maximum Gasteiger partial charge on any atom is 0.127 e. The predicted octanol–water partition coefficient (Wildman–Crippen LogP) is 4.02. The molecule has 1 saturated heterocycles. The van der Waals surface area contributed by atoms with E-state index in [-0.39, 0.29) is 11.9 Å². The van der Waals surface area contributed by atoms with Crippen LogP contribution in [0.4, 0.5) is 10.1 Å². The number of anilines is 1. The molecule has 0 radical (unpaired) electrons. The Bertz CT molecular complexity index is 633. The molecule has 116 valence electrons. The Morgan fingerprint density at radius 2 is 1.68 bits per heavy atom. The lowest BCUT2D eigenvalue weighted by Crippen LogP contribution is -2.47. The van der Waals surface area contributed by atoms with Crippen LogP contribution >= 0.6 is 0 Å². The van der Waals surface area contributed by atoms with Gasteiger partial charge < -0.3 is 4.90 Å². The molecule has 1 atom stereocenters. The molecule has 1 heterocycles. The van der Waals surface area contributed by atoms with Crippen LogP contribution in [-0.4, -0.2) is 31.1 Å². The minimum absolute atomic E-state index is 0.101. The summed E-state index contributed by atoms with van der Waals surface area (Å²) < 4.78 is 13.9. The Morgan fingerprint density at radius 1 is 0.955 bits per heavy atom. The second-order valence-corrected chi connectivity index (χ2v) is 6.06.